The fourth-order valence-electron chi connectivity index (χ4n) is 2.58. The molecule has 0 bridgehead atoms. The fourth-order valence-corrected chi connectivity index (χ4v) is 3.15. The number of thiocarbonyl (C=S) groups is 1. The van der Waals surface area contributed by atoms with Crippen LogP contribution in [0.5, 0.6) is 5.75 Å². The first-order chi connectivity index (χ1) is 14.5. The van der Waals surface area contributed by atoms with Crippen LogP contribution in [0.1, 0.15) is 26.5 Å². The Bertz CT molecular complexity index is 1050. The van der Waals surface area contributed by atoms with Crippen LogP contribution < -0.4 is 20.7 Å². The van der Waals surface area contributed by atoms with Crippen LogP contribution in [0.25, 0.3) is 0 Å². The van der Waals surface area contributed by atoms with Crippen molar-refractivity contribution in [1.82, 2.24) is 10.6 Å². The van der Waals surface area contributed by atoms with E-state index in [0.717, 1.165) is 4.47 Å². The number of hydrogen-bond acceptors (Lipinski definition) is 5. The third-order valence-electron chi connectivity index (χ3n) is 4.04. The Labute approximate surface area is 186 Å². The van der Waals surface area contributed by atoms with E-state index < -0.39 is 5.91 Å². The number of hydrogen-bond donors (Lipinski definition) is 3. The highest BCUT2D eigenvalue weighted by Crippen LogP contribution is 2.22. The molecule has 0 atom stereocenters. The third kappa shape index (κ3) is 5.68. The number of carbonyl (C=O) groups is 2. The molecule has 3 rings (SSSR count). The van der Waals surface area contributed by atoms with Crippen LogP contribution in [0.3, 0.4) is 0 Å². The fraction of sp³-hybridized carbons (Fsp3) is 0.0952. The van der Waals surface area contributed by atoms with Crippen LogP contribution in [0, 0.1) is 0 Å². The highest BCUT2D eigenvalue weighted by atomic mass is 79.9. The minimum Gasteiger partial charge on any atom is -0.496 e. The summed E-state index contributed by atoms with van der Waals surface area (Å²) >= 11 is 8.54. The maximum atomic E-state index is 12.5. The summed E-state index contributed by atoms with van der Waals surface area (Å²) in [7, 11) is 1.49. The number of carbonyl (C=O) groups excluding carboxylic acids is 2. The lowest BCUT2D eigenvalue weighted by Crippen LogP contribution is -2.34. The molecule has 0 fully saturated rings. The zero-order valence-corrected chi connectivity index (χ0v) is 18.3. The van der Waals surface area contributed by atoms with Crippen molar-refractivity contribution in [3.05, 3.63) is 82.2 Å². The van der Waals surface area contributed by atoms with Crippen molar-refractivity contribution < 1.29 is 18.7 Å². The van der Waals surface area contributed by atoms with Gasteiger partial charge in [-0.2, -0.15) is 0 Å². The second-order valence-corrected chi connectivity index (χ2v) is 7.42. The van der Waals surface area contributed by atoms with Crippen LogP contribution in [0.4, 0.5) is 5.69 Å². The van der Waals surface area contributed by atoms with Crippen LogP contribution in [-0.4, -0.2) is 24.0 Å². The van der Waals surface area contributed by atoms with Gasteiger partial charge in [-0.1, -0.05) is 15.9 Å². The molecule has 0 radical (unpaired) electrons. The molecule has 7 nitrogen and oxygen atoms in total. The average molecular weight is 488 g/mol. The standard InChI is InChI=1S/C21H18BrN3O4S/c1-28-18-9-6-14(22)11-17(18)20(27)25-21(30)24-15-7-4-13(5-8-15)19(26)23-12-16-3-2-10-29-16/h2-11H,12H2,1H3,(H,23,26)(H2,24,25,27,30). The molecule has 0 saturated carbocycles. The van der Waals surface area contributed by atoms with E-state index in [4.69, 9.17) is 21.4 Å². The normalized spacial score (nSPS) is 10.2. The van der Waals surface area contributed by atoms with Crippen molar-refractivity contribution in [3.8, 4) is 5.75 Å². The summed E-state index contributed by atoms with van der Waals surface area (Å²) < 4.78 is 11.1. The molecule has 0 unspecified atom stereocenters. The maximum absolute atomic E-state index is 12.5. The van der Waals surface area contributed by atoms with Gasteiger partial charge in [0, 0.05) is 15.7 Å². The topological polar surface area (TPSA) is 92.6 Å². The summed E-state index contributed by atoms with van der Waals surface area (Å²) in [5.74, 6) is 0.475. The lowest BCUT2D eigenvalue weighted by Gasteiger charge is -2.12. The molecule has 0 aliphatic carbocycles. The first-order valence-corrected chi connectivity index (χ1v) is 10.0. The van der Waals surface area contributed by atoms with E-state index in [-0.39, 0.29) is 11.0 Å². The Morgan fingerprint density at radius 3 is 2.53 bits per heavy atom. The highest BCUT2D eigenvalue weighted by Gasteiger charge is 2.14. The van der Waals surface area contributed by atoms with Crippen molar-refractivity contribution in [2.75, 3.05) is 12.4 Å². The van der Waals surface area contributed by atoms with Gasteiger partial charge in [0.15, 0.2) is 5.11 Å². The van der Waals surface area contributed by atoms with E-state index in [1.807, 2.05) is 0 Å². The minimum absolute atomic E-state index is 0.122. The van der Waals surface area contributed by atoms with E-state index in [2.05, 4.69) is 31.9 Å². The number of ether oxygens (including phenoxy) is 1. The predicted octanol–water partition coefficient (Wildman–Crippen LogP) is 4.11. The molecule has 9 heteroatoms. The van der Waals surface area contributed by atoms with Gasteiger partial charge in [0.1, 0.15) is 11.5 Å². The largest absolute Gasteiger partial charge is 0.496 e. The molecule has 3 N–H and O–H groups in total. The molecule has 3 aromatic rings. The molecule has 0 spiro atoms. The Hall–Kier alpha value is -3.17. The first-order valence-electron chi connectivity index (χ1n) is 8.83. The molecule has 2 amide bonds. The van der Waals surface area contributed by atoms with Gasteiger partial charge >= 0.3 is 0 Å². The van der Waals surface area contributed by atoms with Gasteiger partial charge in [-0.3, -0.25) is 14.9 Å². The van der Waals surface area contributed by atoms with Crippen LogP contribution in [-0.2, 0) is 6.54 Å². The molecule has 0 aliphatic rings. The van der Waals surface area contributed by atoms with Gasteiger partial charge in [-0.05, 0) is 66.8 Å². The van der Waals surface area contributed by atoms with E-state index >= 15 is 0 Å². The van der Waals surface area contributed by atoms with E-state index in [1.54, 1.807) is 60.9 Å². The van der Waals surface area contributed by atoms with Crippen LogP contribution in [0.2, 0.25) is 0 Å². The number of rotatable bonds is 6. The Morgan fingerprint density at radius 1 is 1.10 bits per heavy atom. The number of anilines is 1. The zero-order chi connectivity index (χ0) is 21.5. The van der Waals surface area contributed by atoms with Gasteiger partial charge in [-0.15, -0.1) is 0 Å². The van der Waals surface area contributed by atoms with E-state index in [1.165, 1.54) is 7.11 Å². The zero-order valence-electron chi connectivity index (χ0n) is 15.9. The van der Waals surface area contributed by atoms with Gasteiger partial charge in [-0.25, -0.2) is 0 Å². The molecule has 0 aliphatic heterocycles. The van der Waals surface area contributed by atoms with Gasteiger partial charge in [0.25, 0.3) is 11.8 Å². The second-order valence-electron chi connectivity index (χ2n) is 6.09. The number of methoxy groups -OCH3 is 1. The lowest BCUT2D eigenvalue weighted by atomic mass is 10.2. The number of benzene rings is 2. The molecule has 1 aromatic heterocycles. The van der Waals surface area contributed by atoms with Crippen molar-refractivity contribution in [3.63, 3.8) is 0 Å². The summed E-state index contributed by atoms with van der Waals surface area (Å²) in [6.07, 6.45) is 1.55. The Kier molecular flexibility index (Phi) is 7.21. The molecule has 2 aromatic carbocycles. The minimum atomic E-state index is -0.403. The summed E-state index contributed by atoms with van der Waals surface area (Å²) in [5.41, 5.74) is 1.46. The van der Waals surface area contributed by atoms with E-state index in [9.17, 15) is 9.59 Å². The molecular weight excluding hydrogens is 470 g/mol. The number of amides is 2. The second kappa shape index (κ2) is 10.0. The molecular formula is C21H18BrN3O4S. The molecule has 30 heavy (non-hydrogen) atoms. The Balaban J connectivity index is 1.56. The van der Waals surface area contributed by atoms with Crippen LogP contribution in [0.15, 0.2) is 69.8 Å². The summed E-state index contributed by atoms with van der Waals surface area (Å²) in [4.78, 5) is 24.7. The first kappa shape index (κ1) is 21.5. The highest BCUT2D eigenvalue weighted by molar-refractivity contribution is 9.10. The smallest absolute Gasteiger partial charge is 0.261 e. The summed E-state index contributed by atoms with van der Waals surface area (Å²) in [6.45, 7) is 0.307. The summed E-state index contributed by atoms with van der Waals surface area (Å²) in [6, 6.07) is 15.3. The summed E-state index contributed by atoms with van der Waals surface area (Å²) in [5, 5.41) is 8.42. The third-order valence-corrected chi connectivity index (χ3v) is 4.74. The van der Waals surface area contributed by atoms with Crippen molar-refractivity contribution in [1.29, 1.82) is 0 Å². The van der Waals surface area contributed by atoms with Crippen molar-refractivity contribution in [2.45, 2.75) is 6.54 Å². The number of halogens is 1. The number of nitrogens with one attached hydrogen (secondary N) is 3. The maximum Gasteiger partial charge on any atom is 0.261 e. The monoisotopic (exact) mass is 487 g/mol. The lowest BCUT2D eigenvalue weighted by molar-refractivity contribution is 0.0946. The van der Waals surface area contributed by atoms with Gasteiger partial charge < -0.3 is 19.8 Å². The molecule has 1 heterocycles. The van der Waals surface area contributed by atoms with Gasteiger partial charge in [0.05, 0.1) is 25.5 Å². The van der Waals surface area contributed by atoms with E-state index in [0.29, 0.717) is 34.9 Å². The Morgan fingerprint density at radius 2 is 1.87 bits per heavy atom. The molecule has 154 valence electrons. The van der Waals surface area contributed by atoms with Gasteiger partial charge in [0.2, 0.25) is 0 Å². The molecule has 0 saturated heterocycles. The average Bonchev–Trinajstić information content (AvgIpc) is 3.26. The predicted molar refractivity (Wildman–Crippen MR) is 121 cm³/mol. The van der Waals surface area contributed by atoms with Crippen LogP contribution >= 0.6 is 28.1 Å². The SMILES string of the molecule is COc1ccc(Br)cc1C(=O)NC(=S)Nc1ccc(C(=O)NCc2ccco2)cc1. The van der Waals surface area contributed by atoms with Crippen molar-refractivity contribution in [2.24, 2.45) is 0 Å². The van der Waals surface area contributed by atoms with Crippen molar-refractivity contribution >= 4 is 50.8 Å². The quantitative estimate of drug-likeness (QED) is 0.453. The number of furan rings is 1.